The Morgan fingerprint density at radius 2 is 1.94 bits per heavy atom. The second-order valence-corrected chi connectivity index (χ2v) is 5.92. The Morgan fingerprint density at radius 3 is 2.53 bits per heavy atom. The molecule has 5 heteroatoms. The van der Waals surface area contributed by atoms with E-state index < -0.39 is 0 Å². The van der Waals surface area contributed by atoms with Gasteiger partial charge in [0, 0.05) is 20.1 Å². The van der Waals surface area contributed by atoms with Crippen LogP contribution in [0.15, 0.2) is 15.5 Å². The van der Waals surface area contributed by atoms with E-state index in [1.807, 2.05) is 0 Å². The predicted octanol–water partition coefficient (Wildman–Crippen LogP) is 2.03. The number of piperidine rings is 1. The van der Waals surface area contributed by atoms with Crippen LogP contribution in [0.3, 0.4) is 0 Å². The Labute approximate surface area is 110 Å². The summed E-state index contributed by atoms with van der Waals surface area (Å²) >= 11 is 3.39. The molecule has 0 saturated carbocycles. The van der Waals surface area contributed by atoms with E-state index in [0.717, 1.165) is 18.8 Å². The van der Waals surface area contributed by atoms with Crippen molar-refractivity contribution in [1.82, 2.24) is 9.78 Å². The molecule has 0 amide bonds. The molecule has 0 aromatic carbocycles. The van der Waals surface area contributed by atoms with Crippen LogP contribution in [0.25, 0.3) is 0 Å². The van der Waals surface area contributed by atoms with Crippen molar-refractivity contribution in [1.29, 1.82) is 0 Å². The Balaban J connectivity index is 2.34. The lowest BCUT2D eigenvalue weighted by Gasteiger charge is -2.36. The van der Waals surface area contributed by atoms with E-state index in [1.165, 1.54) is 11.1 Å². The van der Waals surface area contributed by atoms with Gasteiger partial charge >= 0.3 is 0 Å². The van der Waals surface area contributed by atoms with Gasteiger partial charge in [-0.05, 0) is 34.2 Å². The van der Waals surface area contributed by atoms with Gasteiger partial charge in [-0.3, -0.25) is 4.79 Å². The van der Waals surface area contributed by atoms with Crippen LogP contribution >= 0.6 is 15.9 Å². The van der Waals surface area contributed by atoms with Crippen molar-refractivity contribution in [3.05, 3.63) is 21.0 Å². The number of halogens is 1. The second-order valence-electron chi connectivity index (χ2n) is 5.12. The third kappa shape index (κ3) is 2.54. The van der Waals surface area contributed by atoms with Gasteiger partial charge in [0.25, 0.3) is 5.56 Å². The molecule has 1 aromatic rings. The zero-order valence-electron chi connectivity index (χ0n) is 10.5. The molecule has 1 aliphatic heterocycles. The zero-order valence-corrected chi connectivity index (χ0v) is 12.1. The summed E-state index contributed by atoms with van der Waals surface area (Å²) in [6.45, 7) is 6.51. The fourth-order valence-electron chi connectivity index (χ4n) is 2.58. The van der Waals surface area contributed by atoms with Crippen molar-refractivity contribution < 1.29 is 0 Å². The number of rotatable bonds is 1. The van der Waals surface area contributed by atoms with Crippen molar-refractivity contribution in [2.45, 2.75) is 20.3 Å². The molecule has 0 spiro atoms. The van der Waals surface area contributed by atoms with E-state index >= 15 is 0 Å². The van der Waals surface area contributed by atoms with Gasteiger partial charge in [-0.2, -0.15) is 5.10 Å². The number of nitrogens with zero attached hydrogens (tertiary/aromatic N) is 3. The molecule has 2 heterocycles. The average Bonchev–Trinajstić information content (AvgIpc) is 2.24. The van der Waals surface area contributed by atoms with Crippen LogP contribution in [0.2, 0.25) is 0 Å². The molecule has 2 atom stereocenters. The highest BCUT2D eigenvalue weighted by Crippen LogP contribution is 2.29. The van der Waals surface area contributed by atoms with E-state index in [2.05, 4.69) is 39.8 Å². The van der Waals surface area contributed by atoms with Crippen molar-refractivity contribution in [2.24, 2.45) is 18.9 Å². The SMILES string of the molecule is C[C@H]1C[C@H](C)CN(c2cnn(C)c(=O)c2Br)C1. The fourth-order valence-corrected chi connectivity index (χ4v) is 3.19. The number of aryl methyl sites for hydroxylation is 1. The highest BCUT2D eigenvalue weighted by Gasteiger charge is 2.24. The zero-order chi connectivity index (χ0) is 12.6. The van der Waals surface area contributed by atoms with Crippen LogP contribution in [0.1, 0.15) is 20.3 Å². The molecular weight excluding hydrogens is 282 g/mol. The first-order valence-electron chi connectivity index (χ1n) is 5.95. The van der Waals surface area contributed by atoms with Crippen molar-refractivity contribution in [2.75, 3.05) is 18.0 Å². The smallest absolute Gasteiger partial charge is 0.282 e. The molecule has 17 heavy (non-hydrogen) atoms. The maximum absolute atomic E-state index is 11.8. The summed E-state index contributed by atoms with van der Waals surface area (Å²) in [5.41, 5.74) is 0.847. The average molecular weight is 300 g/mol. The quantitative estimate of drug-likeness (QED) is 0.796. The highest BCUT2D eigenvalue weighted by molar-refractivity contribution is 9.10. The third-order valence-corrected chi connectivity index (χ3v) is 4.01. The summed E-state index contributed by atoms with van der Waals surface area (Å²) in [6.07, 6.45) is 3.03. The lowest BCUT2D eigenvalue weighted by atomic mass is 9.92. The monoisotopic (exact) mass is 299 g/mol. The number of aromatic nitrogens is 2. The molecule has 0 radical (unpaired) electrons. The summed E-state index contributed by atoms with van der Waals surface area (Å²) in [7, 11) is 1.67. The van der Waals surface area contributed by atoms with Crippen LogP contribution in [-0.4, -0.2) is 22.9 Å². The van der Waals surface area contributed by atoms with Gasteiger partial charge in [-0.15, -0.1) is 0 Å². The van der Waals surface area contributed by atoms with Gasteiger partial charge in [-0.25, -0.2) is 4.68 Å². The van der Waals surface area contributed by atoms with Crippen LogP contribution in [0.4, 0.5) is 5.69 Å². The minimum Gasteiger partial charge on any atom is -0.369 e. The van der Waals surface area contributed by atoms with Crippen LogP contribution in [0, 0.1) is 11.8 Å². The van der Waals surface area contributed by atoms with E-state index in [4.69, 9.17) is 0 Å². The van der Waals surface area contributed by atoms with Gasteiger partial charge in [0.15, 0.2) is 0 Å². The Bertz CT molecular complexity index is 461. The van der Waals surface area contributed by atoms with E-state index in [1.54, 1.807) is 13.2 Å². The molecule has 94 valence electrons. The predicted molar refractivity (Wildman–Crippen MR) is 72.3 cm³/mol. The van der Waals surface area contributed by atoms with Crippen molar-refractivity contribution in [3.63, 3.8) is 0 Å². The fraction of sp³-hybridized carbons (Fsp3) is 0.667. The Morgan fingerprint density at radius 1 is 1.35 bits per heavy atom. The molecule has 0 aliphatic carbocycles. The molecule has 0 unspecified atom stereocenters. The normalized spacial score (nSPS) is 25.1. The van der Waals surface area contributed by atoms with Gasteiger partial charge in [-0.1, -0.05) is 13.8 Å². The first kappa shape index (κ1) is 12.6. The molecule has 4 nitrogen and oxygen atoms in total. The van der Waals surface area contributed by atoms with Gasteiger partial charge < -0.3 is 4.90 Å². The third-order valence-electron chi connectivity index (χ3n) is 3.27. The molecule has 1 fully saturated rings. The molecule has 0 bridgehead atoms. The maximum atomic E-state index is 11.8. The summed E-state index contributed by atoms with van der Waals surface area (Å²) in [4.78, 5) is 14.1. The van der Waals surface area contributed by atoms with E-state index in [0.29, 0.717) is 16.3 Å². The molecule has 1 saturated heterocycles. The lowest BCUT2D eigenvalue weighted by Crippen LogP contribution is -2.40. The largest absolute Gasteiger partial charge is 0.369 e. The van der Waals surface area contributed by atoms with Crippen molar-refractivity contribution >= 4 is 21.6 Å². The molecule has 1 aliphatic rings. The van der Waals surface area contributed by atoms with Gasteiger partial charge in [0.2, 0.25) is 0 Å². The summed E-state index contributed by atoms with van der Waals surface area (Å²) < 4.78 is 1.97. The number of anilines is 1. The van der Waals surface area contributed by atoms with Crippen LogP contribution < -0.4 is 10.5 Å². The van der Waals surface area contributed by atoms with Crippen LogP contribution in [0.5, 0.6) is 0 Å². The minimum atomic E-state index is -0.0756. The lowest BCUT2D eigenvalue weighted by molar-refractivity contribution is 0.356. The summed E-state index contributed by atoms with van der Waals surface area (Å²) in [5, 5.41) is 4.10. The van der Waals surface area contributed by atoms with Crippen LogP contribution in [-0.2, 0) is 7.05 Å². The Hall–Kier alpha value is -0.840. The topological polar surface area (TPSA) is 38.1 Å². The molecule has 0 N–H and O–H groups in total. The van der Waals surface area contributed by atoms with E-state index in [9.17, 15) is 4.79 Å². The first-order chi connectivity index (χ1) is 7.99. The molecule has 1 aromatic heterocycles. The maximum Gasteiger partial charge on any atom is 0.282 e. The molecular formula is C12H18BrN3O. The van der Waals surface area contributed by atoms with Gasteiger partial charge in [0.05, 0.1) is 11.9 Å². The van der Waals surface area contributed by atoms with E-state index in [-0.39, 0.29) is 5.56 Å². The Kier molecular flexibility index (Phi) is 3.56. The molecule has 2 rings (SSSR count). The van der Waals surface area contributed by atoms with Gasteiger partial charge in [0.1, 0.15) is 4.47 Å². The summed E-state index contributed by atoms with van der Waals surface area (Å²) in [5.74, 6) is 1.32. The first-order valence-corrected chi connectivity index (χ1v) is 6.75. The number of hydrogen-bond donors (Lipinski definition) is 0. The highest BCUT2D eigenvalue weighted by atomic mass is 79.9. The standard InChI is InChI=1S/C12H18BrN3O/c1-8-4-9(2)7-16(6-8)10-5-14-15(3)12(17)11(10)13/h5,8-9H,4,6-7H2,1-3H3/t8-,9-/m0/s1. The minimum absolute atomic E-state index is 0.0756. The number of hydrogen-bond acceptors (Lipinski definition) is 3. The summed E-state index contributed by atoms with van der Waals surface area (Å²) in [6, 6.07) is 0. The van der Waals surface area contributed by atoms with Crippen molar-refractivity contribution in [3.8, 4) is 0 Å². The second kappa shape index (κ2) is 4.80.